The van der Waals surface area contributed by atoms with Crippen LogP contribution in [-0.4, -0.2) is 0 Å². The second-order valence-corrected chi connectivity index (χ2v) is 9.08. The fraction of sp³-hybridized carbons (Fsp3) is 0.0455. The second kappa shape index (κ2) is 30.5. The van der Waals surface area contributed by atoms with Crippen LogP contribution >= 0.6 is 0 Å². The molecule has 0 saturated carbocycles. The van der Waals surface area contributed by atoms with Crippen LogP contribution in [0.5, 0.6) is 0 Å². The van der Waals surface area contributed by atoms with Gasteiger partial charge in [0.1, 0.15) is 0 Å². The van der Waals surface area contributed by atoms with E-state index < -0.39 is 0 Å². The molecule has 0 heteroatoms. The third-order valence-corrected chi connectivity index (χ3v) is 5.21. The summed E-state index contributed by atoms with van der Waals surface area (Å²) in [7, 11) is 0. The van der Waals surface area contributed by atoms with E-state index in [0.717, 1.165) is 0 Å². The molecule has 0 heterocycles. The fourth-order valence-corrected chi connectivity index (χ4v) is 2.99. The van der Waals surface area contributed by atoms with Crippen molar-refractivity contribution in [3.05, 3.63) is 254 Å². The smallest absolute Gasteiger partial charge is 0.0398 e. The van der Waals surface area contributed by atoms with Crippen LogP contribution in [0, 0.1) is 13.8 Å². The molecule has 0 spiro atoms. The molecule has 44 heavy (non-hydrogen) atoms. The molecule has 0 nitrogen and oxygen atoms in total. The summed E-state index contributed by atoms with van der Waals surface area (Å²) >= 11 is 0. The van der Waals surface area contributed by atoms with Crippen molar-refractivity contribution >= 4 is 0 Å². The SMILES string of the molecule is Cc1ccccc1.Cc1ccccc1.c1ccccc1.c1ccccc1.c1ccccc1.c1ccccc1.c1ccccc1. The Bertz CT molecular complexity index is 1050. The van der Waals surface area contributed by atoms with Crippen molar-refractivity contribution in [2.24, 2.45) is 0 Å². The van der Waals surface area contributed by atoms with E-state index in [1.807, 2.05) is 218 Å². The summed E-state index contributed by atoms with van der Waals surface area (Å²) in [4.78, 5) is 0. The van der Waals surface area contributed by atoms with Gasteiger partial charge in [0, 0.05) is 0 Å². The molecule has 0 N–H and O–H groups in total. The zero-order valence-corrected chi connectivity index (χ0v) is 26.1. The molecule has 0 unspecified atom stereocenters. The van der Waals surface area contributed by atoms with E-state index in [2.05, 4.69) is 38.1 Å². The van der Waals surface area contributed by atoms with Crippen LogP contribution in [0.2, 0.25) is 0 Å². The van der Waals surface area contributed by atoms with Crippen LogP contribution in [0.4, 0.5) is 0 Å². The van der Waals surface area contributed by atoms with Crippen molar-refractivity contribution in [3.8, 4) is 0 Å². The molecule has 0 radical (unpaired) electrons. The lowest BCUT2D eigenvalue weighted by atomic mass is 10.2. The topological polar surface area (TPSA) is 0 Å². The molecule has 7 aromatic carbocycles. The highest BCUT2D eigenvalue weighted by molar-refractivity contribution is 5.12. The van der Waals surface area contributed by atoms with Crippen molar-refractivity contribution < 1.29 is 0 Å². The molecule has 0 aliphatic heterocycles. The Morgan fingerprint density at radius 1 is 0.159 bits per heavy atom. The first-order valence-electron chi connectivity index (χ1n) is 14.8. The molecule has 7 rings (SSSR count). The summed E-state index contributed by atoms with van der Waals surface area (Å²) in [5.41, 5.74) is 2.64. The maximum Gasteiger partial charge on any atom is -0.0398 e. The van der Waals surface area contributed by atoms with Crippen molar-refractivity contribution in [2.75, 3.05) is 0 Å². The average Bonchev–Trinajstić information content (AvgIpc) is 3.14. The van der Waals surface area contributed by atoms with Crippen molar-refractivity contribution in [1.29, 1.82) is 0 Å². The molecule has 0 bridgehead atoms. The molecule has 0 atom stereocenters. The van der Waals surface area contributed by atoms with E-state index in [9.17, 15) is 0 Å². The van der Waals surface area contributed by atoms with Gasteiger partial charge in [0.15, 0.2) is 0 Å². The second-order valence-electron chi connectivity index (χ2n) is 9.08. The molecule has 0 aromatic heterocycles. The van der Waals surface area contributed by atoms with Gasteiger partial charge in [-0.3, -0.25) is 0 Å². The van der Waals surface area contributed by atoms with Gasteiger partial charge in [-0.2, -0.15) is 0 Å². The molecule has 0 saturated heterocycles. The first-order valence-corrected chi connectivity index (χ1v) is 14.8. The van der Waals surface area contributed by atoms with Crippen molar-refractivity contribution in [1.82, 2.24) is 0 Å². The van der Waals surface area contributed by atoms with Gasteiger partial charge in [0.25, 0.3) is 0 Å². The van der Waals surface area contributed by atoms with E-state index in [1.165, 1.54) is 11.1 Å². The van der Waals surface area contributed by atoms with Gasteiger partial charge in [-0.15, -0.1) is 0 Å². The van der Waals surface area contributed by atoms with Crippen LogP contribution in [0.25, 0.3) is 0 Å². The van der Waals surface area contributed by atoms with Crippen LogP contribution in [0.1, 0.15) is 11.1 Å². The predicted molar refractivity (Wildman–Crippen MR) is 195 cm³/mol. The van der Waals surface area contributed by atoms with E-state index in [4.69, 9.17) is 0 Å². The first kappa shape index (κ1) is 36.6. The van der Waals surface area contributed by atoms with Gasteiger partial charge < -0.3 is 0 Å². The lowest BCUT2D eigenvalue weighted by Crippen LogP contribution is -1.62. The lowest BCUT2D eigenvalue weighted by Gasteiger charge is -1.82. The Hall–Kier alpha value is -5.46. The van der Waals surface area contributed by atoms with Crippen LogP contribution < -0.4 is 0 Å². The summed E-state index contributed by atoms with van der Waals surface area (Å²) in [6, 6.07) is 80.5. The normalized spacial score (nSPS) is 8.23. The standard InChI is InChI=1S/2C7H8.5C6H6/c2*1-7-5-3-2-4-6-7;5*1-2-4-6-5-3-1/h2*2-6H,1H3;5*1-6H. The van der Waals surface area contributed by atoms with E-state index >= 15 is 0 Å². The molecule has 0 fully saturated rings. The zero-order chi connectivity index (χ0) is 31.4. The highest BCUT2D eigenvalue weighted by atomic mass is 13.8. The first-order chi connectivity index (χ1) is 21.8. The Kier molecular flexibility index (Phi) is 25.3. The lowest BCUT2D eigenvalue weighted by molar-refractivity contribution is 1.48. The van der Waals surface area contributed by atoms with Gasteiger partial charge in [0.05, 0.1) is 0 Å². The van der Waals surface area contributed by atoms with Crippen LogP contribution in [-0.2, 0) is 0 Å². The minimum absolute atomic E-state index is 1.32. The van der Waals surface area contributed by atoms with E-state index in [0.29, 0.717) is 0 Å². The molecule has 0 amide bonds. The van der Waals surface area contributed by atoms with E-state index in [-0.39, 0.29) is 0 Å². The van der Waals surface area contributed by atoms with Crippen molar-refractivity contribution in [2.45, 2.75) is 13.8 Å². The Morgan fingerprint density at radius 3 is 0.318 bits per heavy atom. The molecule has 7 aromatic rings. The molecular formula is C44H46. The summed E-state index contributed by atoms with van der Waals surface area (Å²) in [5, 5.41) is 0. The maximum absolute atomic E-state index is 2.08. The predicted octanol–water partition coefficient (Wildman–Crippen LogP) is 12.4. The minimum Gasteiger partial charge on any atom is -0.0623 e. The maximum atomic E-state index is 2.08. The molecular weight excluding hydrogens is 528 g/mol. The third kappa shape index (κ3) is 28.1. The Morgan fingerprint density at radius 2 is 0.250 bits per heavy atom. The highest BCUT2D eigenvalue weighted by Crippen LogP contribution is 1.93. The number of benzene rings is 7. The largest absolute Gasteiger partial charge is 0.0623 e. The summed E-state index contributed by atoms with van der Waals surface area (Å²) < 4.78 is 0. The number of aryl methyl sites for hydroxylation is 2. The fourth-order valence-electron chi connectivity index (χ4n) is 2.99. The quantitative estimate of drug-likeness (QED) is 0.169. The average molecular weight is 575 g/mol. The zero-order valence-electron chi connectivity index (χ0n) is 26.1. The Balaban J connectivity index is 0.000000257. The highest BCUT2D eigenvalue weighted by Gasteiger charge is 1.73. The molecule has 222 valence electrons. The molecule has 0 aliphatic rings. The van der Waals surface area contributed by atoms with E-state index in [1.54, 1.807) is 0 Å². The summed E-state index contributed by atoms with van der Waals surface area (Å²) in [6.45, 7) is 4.17. The summed E-state index contributed by atoms with van der Waals surface area (Å²) in [6.07, 6.45) is 0. The number of hydrogen-bond acceptors (Lipinski definition) is 0. The molecule has 0 aliphatic carbocycles. The van der Waals surface area contributed by atoms with Gasteiger partial charge in [0.2, 0.25) is 0 Å². The number of rotatable bonds is 0. The third-order valence-electron chi connectivity index (χ3n) is 5.21. The van der Waals surface area contributed by atoms with Crippen LogP contribution in [0.3, 0.4) is 0 Å². The van der Waals surface area contributed by atoms with Gasteiger partial charge in [-0.25, -0.2) is 0 Å². The van der Waals surface area contributed by atoms with Gasteiger partial charge >= 0.3 is 0 Å². The Labute approximate surface area is 267 Å². The van der Waals surface area contributed by atoms with Crippen molar-refractivity contribution in [3.63, 3.8) is 0 Å². The number of hydrogen-bond donors (Lipinski definition) is 0. The minimum atomic E-state index is 1.32. The monoisotopic (exact) mass is 574 g/mol. The summed E-state index contributed by atoms with van der Waals surface area (Å²) in [5.74, 6) is 0. The van der Waals surface area contributed by atoms with Crippen LogP contribution in [0.15, 0.2) is 243 Å². The van der Waals surface area contributed by atoms with Gasteiger partial charge in [-0.05, 0) is 13.8 Å². The van der Waals surface area contributed by atoms with Gasteiger partial charge in [-0.1, -0.05) is 254 Å².